The van der Waals surface area contributed by atoms with Gasteiger partial charge in [-0.3, -0.25) is 20.1 Å². The highest BCUT2D eigenvalue weighted by Crippen LogP contribution is 2.28. The molecule has 0 aromatic carbocycles. The van der Waals surface area contributed by atoms with Crippen molar-refractivity contribution in [1.29, 1.82) is 0 Å². The number of hydrogen-bond donors (Lipinski definition) is 1. The van der Waals surface area contributed by atoms with E-state index in [4.69, 9.17) is 0 Å². The fourth-order valence-corrected chi connectivity index (χ4v) is 2.31. The Labute approximate surface area is 120 Å². The molecule has 0 saturated heterocycles. The Kier molecular flexibility index (Phi) is 2.67. The summed E-state index contributed by atoms with van der Waals surface area (Å²) >= 11 is 0. The molecule has 0 radical (unpaired) electrons. The van der Waals surface area contributed by atoms with E-state index >= 15 is 0 Å². The average Bonchev–Trinajstić information content (AvgIpc) is 2.99. The predicted molar refractivity (Wildman–Crippen MR) is 80.4 cm³/mol. The van der Waals surface area contributed by atoms with Crippen molar-refractivity contribution in [3.8, 4) is 22.5 Å². The number of hydrogen-bond acceptors (Lipinski definition) is 4. The van der Waals surface area contributed by atoms with Crippen LogP contribution >= 0.6 is 0 Å². The fourth-order valence-electron chi connectivity index (χ4n) is 2.31. The summed E-state index contributed by atoms with van der Waals surface area (Å²) in [5, 5.41) is 8.41. The minimum absolute atomic E-state index is 0.877. The van der Waals surface area contributed by atoms with E-state index < -0.39 is 0 Å². The lowest BCUT2D eigenvalue weighted by Crippen LogP contribution is -1.85. The maximum atomic E-state index is 4.46. The van der Waals surface area contributed by atoms with Gasteiger partial charge >= 0.3 is 0 Å². The molecule has 0 saturated carbocycles. The summed E-state index contributed by atoms with van der Waals surface area (Å²) in [6, 6.07) is 9.81. The summed E-state index contributed by atoms with van der Waals surface area (Å²) in [5.74, 6) is 0. The molecule has 4 rings (SSSR count). The summed E-state index contributed by atoms with van der Waals surface area (Å²) < 4.78 is 0. The summed E-state index contributed by atoms with van der Waals surface area (Å²) in [6.07, 6.45) is 8.91. The average molecular weight is 273 g/mol. The molecule has 0 aliphatic rings. The van der Waals surface area contributed by atoms with Gasteiger partial charge in [0.15, 0.2) is 0 Å². The van der Waals surface area contributed by atoms with Gasteiger partial charge < -0.3 is 0 Å². The van der Waals surface area contributed by atoms with Crippen LogP contribution in [-0.2, 0) is 0 Å². The molecule has 0 atom stereocenters. The smallest absolute Gasteiger partial charge is 0.102 e. The summed E-state index contributed by atoms with van der Waals surface area (Å²) in [7, 11) is 0. The standard InChI is InChI=1S/C16H11N5/c1-3-11(8-17-5-1)14-7-13-15(10-19-14)20-21-16(13)12-4-2-6-18-9-12/h1-10H,(H,20,21). The van der Waals surface area contributed by atoms with Crippen LogP contribution in [0.2, 0.25) is 0 Å². The predicted octanol–water partition coefficient (Wildman–Crippen LogP) is 3.08. The van der Waals surface area contributed by atoms with Crippen molar-refractivity contribution < 1.29 is 0 Å². The van der Waals surface area contributed by atoms with Crippen LogP contribution in [0.5, 0.6) is 0 Å². The summed E-state index contributed by atoms with van der Waals surface area (Å²) in [5.41, 5.74) is 4.62. The molecule has 5 nitrogen and oxygen atoms in total. The molecule has 0 aliphatic heterocycles. The number of fused-ring (bicyclic) bond motifs is 1. The van der Waals surface area contributed by atoms with Crippen LogP contribution in [-0.4, -0.2) is 25.1 Å². The van der Waals surface area contributed by atoms with Gasteiger partial charge in [0.05, 0.1) is 17.4 Å². The van der Waals surface area contributed by atoms with Gasteiger partial charge in [0, 0.05) is 41.3 Å². The third-order valence-corrected chi connectivity index (χ3v) is 3.34. The maximum absolute atomic E-state index is 4.46. The van der Waals surface area contributed by atoms with Crippen LogP contribution in [0.4, 0.5) is 0 Å². The van der Waals surface area contributed by atoms with Crippen molar-refractivity contribution in [3.63, 3.8) is 0 Å². The number of rotatable bonds is 2. The molecule has 0 bridgehead atoms. The van der Waals surface area contributed by atoms with Crippen LogP contribution in [0, 0.1) is 0 Å². The van der Waals surface area contributed by atoms with Gasteiger partial charge in [0.2, 0.25) is 0 Å². The van der Waals surface area contributed by atoms with Crippen molar-refractivity contribution in [1.82, 2.24) is 25.1 Å². The lowest BCUT2D eigenvalue weighted by Gasteiger charge is -2.01. The molecule has 4 heterocycles. The number of H-pyrrole nitrogens is 1. The van der Waals surface area contributed by atoms with Crippen molar-refractivity contribution in [3.05, 3.63) is 61.3 Å². The minimum Gasteiger partial charge on any atom is -0.276 e. The molecule has 5 heteroatoms. The molecule has 0 spiro atoms. The Morgan fingerprint density at radius 3 is 2.33 bits per heavy atom. The highest BCUT2D eigenvalue weighted by Gasteiger charge is 2.10. The second kappa shape index (κ2) is 4.79. The number of aromatic nitrogens is 5. The first-order valence-corrected chi connectivity index (χ1v) is 6.57. The molecular weight excluding hydrogens is 262 g/mol. The monoisotopic (exact) mass is 273 g/mol. The second-order valence-corrected chi connectivity index (χ2v) is 4.67. The zero-order chi connectivity index (χ0) is 14.1. The van der Waals surface area contributed by atoms with E-state index in [9.17, 15) is 0 Å². The third-order valence-electron chi connectivity index (χ3n) is 3.34. The molecule has 0 aliphatic carbocycles. The fraction of sp³-hybridized carbons (Fsp3) is 0. The number of aromatic amines is 1. The largest absolute Gasteiger partial charge is 0.276 e. The van der Waals surface area contributed by atoms with Gasteiger partial charge in [-0.25, -0.2) is 0 Å². The van der Waals surface area contributed by atoms with Gasteiger partial charge in [0.1, 0.15) is 5.69 Å². The van der Waals surface area contributed by atoms with E-state index in [1.807, 2.05) is 30.3 Å². The molecule has 1 N–H and O–H groups in total. The zero-order valence-corrected chi connectivity index (χ0v) is 11.1. The van der Waals surface area contributed by atoms with Gasteiger partial charge in [-0.05, 0) is 30.3 Å². The van der Waals surface area contributed by atoms with E-state index in [-0.39, 0.29) is 0 Å². The summed E-state index contributed by atoms with van der Waals surface area (Å²) in [4.78, 5) is 12.7. The molecule has 0 fully saturated rings. The molecule has 0 unspecified atom stereocenters. The van der Waals surface area contributed by atoms with Gasteiger partial charge in [-0.15, -0.1) is 0 Å². The molecule has 21 heavy (non-hydrogen) atoms. The Hall–Kier alpha value is -3.08. The van der Waals surface area contributed by atoms with Gasteiger partial charge in [-0.2, -0.15) is 5.10 Å². The van der Waals surface area contributed by atoms with E-state index in [1.165, 1.54) is 0 Å². The number of pyridine rings is 3. The minimum atomic E-state index is 0.877. The Morgan fingerprint density at radius 1 is 0.857 bits per heavy atom. The molecule has 100 valence electrons. The first kappa shape index (κ1) is 11.7. The molecule has 0 amide bonds. The van der Waals surface area contributed by atoms with Crippen molar-refractivity contribution in [2.45, 2.75) is 0 Å². The maximum Gasteiger partial charge on any atom is 0.102 e. The van der Waals surface area contributed by atoms with Crippen molar-refractivity contribution in [2.24, 2.45) is 0 Å². The van der Waals surface area contributed by atoms with Crippen molar-refractivity contribution >= 4 is 10.9 Å². The molecular formula is C16H11N5. The SMILES string of the molecule is c1cncc(-c2cc3c(-c4cccnc4)n[nH]c3cn2)c1. The van der Waals surface area contributed by atoms with E-state index in [2.05, 4.69) is 25.1 Å². The van der Waals surface area contributed by atoms with Crippen LogP contribution in [0.25, 0.3) is 33.4 Å². The zero-order valence-electron chi connectivity index (χ0n) is 11.1. The first-order chi connectivity index (χ1) is 10.4. The van der Waals surface area contributed by atoms with Crippen LogP contribution in [0.15, 0.2) is 61.3 Å². The Morgan fingerprint density at radius 2 is 1.62 bits per heavy atom. The lowest BCUT2D eigenvalue weighted by atomic mass is 10.1. The van der Waals surface area contributed by atoms with Gasteiger partial charge in [0.25, 0.3) is 0 Å². The van der Waals surface area contributed by atoms with Crippen LogP contribution < -0.4 is 0 Å². The Balaban J connectivity index is 1.91. The van der Waals surface area contributed by atoms with Crippen LogP contribution in [0.1, 0.15) is 0 Å². The lowest BCUT2D eigenvalue weighted by molar-refractivity contribution is 1.12. The Bertz CT molecular complexity index is 884. The van der Waals surface area contributed by atoms with E-state index in [0.29, 0.717) is 0 Å². The number of nitrogens with one attached hydrogen (secondary N) is 1. The van der Waals surface area contributed by atoms with E-state index in [1.54, 1.807) is 31.0 Å². The van der Waals surface area contributed by atoms with Gasteiger partial charge in [-0.1, -0.05) is 0 Å². The normalized spacial score (nSPS) is 10.9. The molecule has 4 aromatic heterocycles. The topological polar surface area (TPSA) is 67.3 Å². The first-order valence-electron chi connectivity index (χ1n) is 6.57. The van der Waals surface area contributed by atoms with Crippen LogP contribution in [0.3, 0.4) is 0 Å². The number of nitrogens with zero attached hydrogens (tertiary/aromatic N) is 4. The third kappa shape index (κ3) is 2.04. The van der Waals surface area contributed by atoms with Crippen molar-refractivity contribution in [2.75, 3.05) is 0 Å². The highest BCUT2D eigenvalue weighted by atomic mass is 15.1. The second-order valence-electron chi connectivity index (χ2n) is 4.67. The quantitative estimate of drug-likeness (QED) is 0.609. The summed E-state index contributed by atoms with van der Waals surface area (Å²) in [6.45, 7) is 0. The molecule has 4 aromatic rings. The highest BCUT2D eigenvalue weighted by molar-refractivity contribution is 5.94. The van der Waals surface area contributed by atoms with E-state index in [0.717, 1.165) is 33.4 Å².